The van der Waals surface area contributed by atoms with E-state index in [2.05, 4.69) is 22.9 Å². The third-order valence-electron chi connectivity index (χ3n) is 5.26. The van der Waals surface area contributed by atoms with Crippen molar-refractivity contribution in [2.75, 3.05) is 13.7 Å². The maximum absolute atomic E-state index is 13.7. The van der Waals surface area contributed by atoms with Crippen LogP contribution in [0.4, 0.5) is 9.18 Å². The number of halogens is 1. The van der Waals surface area contributed by atoms with Gasteiger partial charge in [-0.1, -0.05) is 42.5 Å². The van der Waals surface area contributed by atoms with Crippen LogP contribution in [0.3, 0.4) is 0 Å². The molecule has 0 bridgehead atoms. The molecule has 1 aliphatic carbocycles. The molecule has 140 valence electrons. The minimum Gasteiger partial charge on any atom is -0.467 e. The lowest BCUT2D eigenvalue weighted by Crippen LogP contribution is -2.41. The lowest BCUT2D eigenvalue weighted by molar-refractivity contribution is -0.145. The van der Waals surface area contributed by atoms with Gasteiger partial charge < -0.3 is 9.47 Å². The number of alkyl halides is 1. The molecule has 1 heterocycles. The number of hydrogen-bond donors (Lipinski definition) is 0. The van der Waals surface area contributed by atoms with Crippen LogP contribution in [0, 0.1) is 0 Å². The third-order valence-corrected chi connectivity index (χ3v) is 5.26. The highest BCUT2D eigenvalue weighted by atomic mass is 19.1. The number of carbonyl (C=O) groups is 2. The molecule has 5 nitrogen and oxygen atoms in total. The molecule has 1 aliphatic heterocycles. The van der Waals surface area contributed by atoms with Crippen LogP contribution in [0.5, 0.6) is 0 Å². The molecule has 2 aromatic carbocycles. The number of nitrogens with zero attached hydrogens (tertiary/aromatic N) is 1. The number of benzene rings is 2. The normalized spacial score (nSPS) is 20.1. The molecule has 0 aromatic heterocycles. The Bertz CT molecular complexity index is 898. The first-order chi connectivity index (χ1) is 13.1. The van der Waals surface area contributed by atoms with Crippen LogP contribution < -0.4 is 0 Å². The minimum atomic E-state index is -1.25. The molecule has 1 saturated heterocycles. The smallest absolute Gasteiger partial charge is 0.410 e. The SMILES string of the molecule is COC(=O)[C@@H]1CC(F)CN1C(=O)OCc1cccc2c1Cc1ccccc1-2. The molecule has 1 amide bonds. The van der Waals surface area contributed by atoms with Crippen molar-refractivity contribution in [3.05, 3.63) is 59.2 Å². The number of likely N-dealkylation sites (tertiary alicyclic amines) is 1. The zero-order chi connectivity index (χ0) is 19.0. The Morgan fingerprint density at radius 3 is 2.74 bits per heavy atom. The number of methoxy groups -OCH3 is 1. The molecule has 27 heavy (non-hydrogen) atoms. The van der Waals surface area contributed by atoms with E-state index in [1.54, 1.807) is 0 Å². The van der Waals surface area contributed by atoms with Gasteiger partial charge in [-0.2, -0.15) is 0 Å². The van der Waals surface area contributed by atoms with Crippen LogP contribution in [-0.2, 0) is 27.3 Å². The van der Waals surface area contributed by atoms with Gasteiger partial charge in [0.2, 0.25) is 0 Å². The van der Waals surface area contributed by atoms with Crippen LogP contribution >= 0.6 is 0 Å². The van der Waals surface area contributed by atoms with Crippen molar-refractivity contribution >= 4 is 12.1 Å². The number of hydrogen-bond acceptors (Lipinski definition) is 4. The van der Waals surface area contributed by atoms with E-state index in [1.807, 2.05) is 24.3 Å². The average Bonchev–Trinajstić information content (AvgIpc) is 3.26. The van der Waals surface area contributed by atoms with Gasteiger partial charge in [-0.15, -0.1) is 0 Å². The fourth-order valence-electron chi connectivity index (χ4n) is 3.93. The second-order valence-electron chi connectivity index (χ2n) is 6.86. The molecule has 0 radical (unpaired) electrons. The van der Waals surface area contributed by atoms with Crippen molar-refractivity contribution < 1.29 is 23.5 Å². The second-order valence-corrected chi connectivity index (χ2v) is 6.86. The summed E-state index contributed by atoms with van der Waals surface area (Å²) in [7, 11) is 1.22. The van der Waals surface area contributed by atoms with Crippen molar-refractivity contribution in [1.29, 1.82) is 0 Å². The Morgan fingerprint density at radius 1 is 1.15 bits per heavy atom. The fourth-order valence-corrected chi connectivity index (χ4v) is 3.93. The Hall–Kier alpha value is -2.89. The molecule has 2 aliphatic rings. The van der Waals surface area contributed by atoms with Crippen molar-refractivity contribution in [3.63, 3.8) is 0 Å². The topological polar surface area (TPSA) is 55.8 Å². The summed E-state index contributed by atoms with van der Waals surface area (Å²) in [6.07, 6.45) is -1.21. The number of ether oxygens (including phenoxy) is 2. The molecule has 2 atom stereocenters. The number of fused-ring (bicyclic) bond motifs is 3. The van der Waals surface area contributed by atoms with Crippen LogP contribution in [0.15, 0.2) is 42.5 Å². The third kappa shape index (κ3) is 3.16. The van der Waals surface area contributed by atoms with Gasteiger partial charge in [-0.05, 0) is 34.2 Å². The van der Waals surface area contributed by atoms with E-state index in [1.165, 1.54) is 18.2 Å². The summed E-state index contributed by atoms with van der Waals surface area (Å²) < 4.78 is 23.8. The quantitative estimate of drug-likeness (QED) is 0.664. The van der Waals surface area contributed by atoms with E-state index in [-0.39, 0.29) is 19.6 Å². The molecular weight excluding hydrogens is 349 g/mol. The predicted molar refractivity (Wildman–Crippen MR) is 96.9 cm³/mol. The summed E-state index contributed by atoms with van der Waals surface area (Å²) in [5.74, 6) is -0.622. The summed E-state index contributed by atoms with van der Waals surface area (Å²) in [5.41, 5.74) is 5.66. The van der Waals surface area contributed by atoms with Gasteiger partial charge in [-0.25, -0.2) is 14.0 Å². The average molecular weight is 369 g/mol. The molecule has 0 spiro atoms. The summed E-state index contributed by atoms with van der Waals surface area (Å²) in [6, 6.07) is 13.2. The first-order valence-electron chi connectivity index (χ1n) is 8.93. The van der Waals surface area contributed by atoms with Crippen LogP contribution in [0.1, 0.15) is 23.1 Å². The van der Waals surface area contributed by atoms with Crippen LogP contribution in [0.25, 0.3) is 11.1 Å². The van der Waals surface area contributed by atoms with Crippen molar-refractivity contribution in [2.45, 2.75) is 31.7 Å². The molecule has 1 fully saturated rings. The number of amides is 1. The van der Waals surface area contributed by atoms with E-state index in [0.717, 1.165) is 28.0 Å². The van der Waals surface area contributed by atoms with Gasteiger partial charge in [-0.3, -0.25) is 4.90 Å². The molecule has 1 unspecified atom stereocenters. The van der Waals surface area contributed by atoms with E-state index in [0.29, 0.717) is 0 Å². The van der Waals surface area contributed by atoms with Crippen LogP contribution in [-0.4, -0.2) is 42.8 Å². The Balaban J connectivity index is 1.49. The zero-order valence-electron chi connectivity index (χ0n) is 15.0. The lowest BCUT2D eigenvalue weighted by atomic mass is 10.0. The van der Waals surface area contributed by atoms with Gasteiger partial charge in [0, 0.05) is 6.42 Å². The van der Waals surface area contributed by atoms with Gasteiger partial charge in [0.05, 0.1) is 13.7 Å². The van der Waals surface area contributed by atoms with Gasteiger partial charge >= 0.3 is 12.1 Å². The Labute approximate surface area is 156 Å². The monoisotopic (exact) mass is 369 g/mol. The number of esters is 1. The van der Waals surface area contributed by atoms with E-state index in [9.17, 15) is 14.0 Å². The Kier molecular flexibility index (Phi) is 4.56. The number of rotatable bonds is 3. The van der Waals surface area contributed by atoms with Gasteiger partial charge in [0.25, 0.3) is 0 Å². The predicted octanol–water partition coefficient (Wildman–Crippen LogP) is 3.48. The highest BCUT2D eigenvalue weighted by Crippen LogP contribution is 2.38. The zero-order valence-corrected chi connectivity index (χ0v) is 15.0. The molecule has 4 rings (SSSR count). The van der Waals surface area contributed by atoms with Crippen molar-refractivity contribution in [3.8, 4) is 11.1 Å². The van der Waals surface area contributed by atoms with Gasteiger partial charge in [0.1, 0.15) is 18.8 Å². The van der Waals surface area contributed by atoms with Crippen LogP contribution in [0.2, 0.25) is 0 Å². The minimum absolute atomic E-state index is 0.0577. The number of carbonyl (C=O) groups excluding carboxylic acids is 2. The summed E-state index contributed by atoms with van der Waals surface area (Å²) in [5, 5.41) is 0. The highest BCUT2D eigenvalue weighted by Gasteiger charge is 2.41. The molecule has 0 N–H and O–H groups in total. The maximum atomic E-state index is 13.7. The van der Waals surface area contributed by atoms with E-state index < -0.39 is 24.3 Å². The van der Waals surface area contributed by atoms with Gasteiger partial charge in [0.15, 0.2) is 0 Å². The second kappa shape index (κ2) is 7.02. The highest BCUT2D eigenvalue weighted by molar-refractivity contribution is 5.82. The fraction of sp³-hybridized carbons (Fsp3) is 0.333. The largest absolute Gasteiger partial charge is 0.467 e. The van der Waals surface area contributed by atoms with E-state index in [4.69, 9.17) is 4.74 Å². The maximum Gasteiger partial charge on any atom is 0.410 e. The van der Waals surface area contributed by atoms with E-state index >= 15 is 0 Å². The first-order valence-corrected chi connectivity index (χ1v) is 8.93. The standard InChI is InChI=1S/C21H20FNO4/c1-26-20(24)19-10-15(22)11-23(19)21(25)27-12-14-6-4-8-17-16-7-3-2-5-13(16)9-18(14)17/h2-8,15,19H,9-12H2,1H3/t15?,19-/m0/s1. The van der Waals surface area contributed by atoms with Crippen molar-refractivity contribution in [2.24, 2.45) is 0 Å². The lowest BCUT2D eigenvalue weighted by Gasteiger charge is -2.22. The molecule has 6 heteroatoms. The Morgan fingerprint density at radius 2 is 1.93 bits per heavy atom. The molecule has 0 saturated carbocycles. The van der Waals surface area contributed by atoms with Crippen molar-refractivity contribution in [1.82, 2.24) is 4.90 Å². The molecule has 2 aromatic rings. The summed E-state index contributed by atoms with van der Waals surface area (Å²) in [6.45, 7) is -0.0751. The summed E-state index contributed by atoms with van der Waals surface area (Å²) in [4.78, 5) is 25.4. The molecular formula is C21H20FNO4. The first kappa shape index (κ1) is 17.5. The summed E-state index contributed by atoms with van der Waals surface area (Å²) >= 11 is 0.